The normalized spacial score (nSPS) is 16.6. The molecule has 0 unspecified atom stereocenters. The third kappa shape index (κ3) is 5.14. The van der Waals surface area contributed by atoms with Crippen molar-refractivity contribution >= 4 is 18.3 Å². The Morgan fingerprint density at radius 1 is 1.28 bits per heavy atom. The highest BCUT2D eigenvalue weighted by Gasteiger charge is 2.18. The van der Waals surface area contributed by atoms with Crippen molar-refractivity contribution in [3.8, 4) is 11.5 Å². The summed E-state index contributed by atoms with van der Waals surface area (Å²) < 4.78 is 16.5. The van der Waals surface area contributed by atoms with Crippen LogP contribution in [0, 0.1) is 0 Å². The number of piperidine rings is 1. The minimum absolute atomic E-state index is 0. The molecule has 0 spiro atoms. The fourth-order valence-corrected chi connectivity index (χ4v) is 2.70. The maximum absolute atomic E-state index is 12.2. The number of ether oxygens (including phenoxy) is 2. The molecule has 0 bridgehead atoms. The fourth-order valence-electron chi connectivity index (χ4n) is 2.70. The maximum Gasteiger partial charge on any atom is 0.287 e. The van der Waals surface area contributed by atoms with Gasteiger partial charge in [0.25, 0.3) is 5.91 Å². The fraction of sp³-hybridized carbons (Fsp3) is 0.389. The lowest BCUT2D eigenvalue weighted by Gasteiger charge is -2.23. The van der Waals surface area contributed by atoms with Gasteiger partial charge in [0.1, 0.15) is 12.4 Å². The van der Waals surface area contributed by atoms with Crippen molar-refractivity contribution in [2.24, 2.45) is 0 Å². The van der Waals surface area contributed by atoms with Crippen molar-refractivity contribution in [3.05, 3.63) is 47.9 Å². The summed E-state index contributed by atoms with van der Waals surface area (Å²) in [5, 5.41) is 6.25. The molecule has 1 amide bonds. The molecule has 6 nitrogen and oxygen atoms in total. The Labute approximate surface area is 153 Å². The van der Waals surface area contributed by atoms with Crippen LogP contribution in [0.25, 0.3) is 0 Å². The van der Waals surface area contributed by atoms with Crippen molar-refractivity contribution in [2.45, 2.75) is 25.5 Å². The molecule has 136 valence electrons. The van der Waals surface area contributed by atoms with Gasteiger partial charge in [-0.2, -0.15) is 0 Å². The lowest BCUT2D eigenvalue weighted by atomic mass is 10.1. The van der Waals surface area contributed by atoms with Crippen molar-refractivity contribution in [2.75, 3.05) is 20.2 Å². The quantitative estimate of drug-likeness (QED) is 0.822. The number of furan rings is 1. The third-order valence-corrected chi connectivity index (χ3v) is 3.96. The van der Waals surface area contributed by atoms with E-state index in [4.69, 9.17) is 13.9 Å². The molecule has 1 aliphatic heterocycles. The number of nitrogens with one attached hydrogen (secondary N) is 2. The number of carbonyl (C=O) groups is 1. The zero-order valence-corrected chi connectivity index (χ0v) is 14.9. The molecular formula is C18H23ClN2O4. The van der Waals surface area contributed by atoms with Gasteiger partial charge < -0.3 is 24.5 Å². The number of rotatable bonds is 6. The minimum atomic E-state index is -0.188. The molecular weight excluding hydrogens is 344 g/mol. The Bertz CT molecular complexity index is 683. The molecule has 1 saturated heterocycles. The molecule has 25 heavy (non-hydrogen) atoms. The first kappa shape index (κ1) is 19.1. The van der Waals surface area contributed by atoms with E-state index in [1.165, 1.54) is 0 Å². The van der Waals surface area contributed by atoms with Crippen molar-refractivity contribution < 1.29 is 18.7 Å². The standard InChI is InChI=1S/C18H22N2O4.ClH/c1-22-15-6-2-3-7-16(15)23-12-14-8-9-17(24-14)18(21)20-13-5-4-10-19-11-13;/h2-3,6-9,13,19H,4-5,10-12H2,1H3,(H,20,21);1H/t13-;/m0./s1. The Hall–Kier alpha value is -2.18. The molecule has 2 aromatic rings. The van der Waals surface area contributed by atoms with Crippen LogP contribution in [0.4, 0.5) is 0 Å². The number of halogens is 1. The Kier molecular flexibility index (Phi) is 7.16. The zero-order valence-electron chi connectivity index (χ0n) is 14.1. The van der Waals surface area contributed by atoms with Gasteiger partial charge in [0.2, 0.25) is 0 Å². The molecule has 1 atom stereocenters. The lowest BCUT2D eigenvalue weighted by Crippen LogP contribution is -2.45. The number of methoxy groups -OCH3 is 1. The summed E-state index contributed by atoms with van der Waals surface area (Å²) in [6.45, 7) is 2.05. The van der Waals surface area contributed by atoms with Gasteiger partial charge in [0.15, 0.2) is 17.3 Å². The number of benzene rings is 1. The van der Waals surface area contributed by atoms with Crippen molar-refractivity contribution in [1.29, 1.82) is 0 Å². The average molecular weight is 367 g/mol. The second kappa shape index (κ2) is 9.34. The van der Waals surface area contributed by atoms with Crippen LogP contribution < -0.4 is 20.1 Å². The molecule has 0 radical (unpaired) electrons. The molecule has 1 aliphatic rings. The molecule has 0 aliphatic carbocycles. The predicted molar refractivity (Wildman–Crippen MR) is 96.6 cm³/mol. The van der Waals surface area contributed by atoms with Crippen LogP contribution in [0.3, 0.4) is 0 Å². The first-order chi connectivity index (χ1) is 11.8. The van der Waals surface area contributed by atoms with E-state index in [1.807, 2.05) is 24.3 Å². The van der Waals surface area contributed by atoms with Crippen LogP contribution >= 0.6 is 12.4 Å². The van der Waals surface area contributed by atoms with E-state index < -0.39 is 0 Å². The van der Waals surface area contributed by atoms with Crippen molar-refractivity contribution in [1.82, 2.24) is 10.6 Å². The van der Waals surface area contributed by atoms with Crippen LogP contribution in [0.1, 0.15) is 29.2 Å². The van der Waals surface area contributed by atoms with Gasteiger partial charge in [0, 0.05) is 12.6 Å². The number of hydrogen-bond acceptors (Lipinski definition) is 5. The van der Waals surface area contributed by atoms with Gasteiger partial charge in [-0.25, -0.2) is 0 Å². The predicted octanol–water partition coefficient (Wildman–Crippen LogP) is 2.77. The van der Waals surface area contributed by atoms with E-state index in [-0.39, 0.29) is 31.0 Å². The first-order valence-corrected chi connectivity index (χ1v) is 8.12. The highest BCUT2D eigenvalue weighted by atomic mass is 35.5. The highest BCUT2D eigenvalue weighted by molar-refractivity contribution is 5.91. The van der Waals surface area contributed by atoms with Gasteiger partial charge in [-0.3, -0.25) is 4.79 Å². The van der Waals surface area contributed by atoms with Gasteiger partial charge in [-0.1, -0.05) is 12.1 Å². The number of para-hydroxylation sites is 2. The molecule has 1 aromatic carbocycles. The van der Waals surface area contributed by atoms with E-state index in [0.717, 1.165) is 25.9 Å². The summed E-state index contributed by atoms with van der Waals surface area (Å²) in [6.07, 6.45) is 2.06. The number of hydrogen-bond donors (Lipinski definition) is 2. The van der Waals surface area contributed by atoms with E-state index in [9.17, 15) is 4.79 Å². The molecule has 2 heterocycles. The van der Waals surface area contributed by atoms with Crippen LogP contribution in [-0.2, 0) is 6.61 Å². The SMILES string of the molecule is COc1ccccc1OCc1ccc(C(=O)N[C@H]2CCCNC2)o1.Cl. The minimum Gasteiger partial charge on any atom is -0.493 e. The summed E-state index contributed by atoms with van der Waals surface area (Å²) in [6, 6.07) is 11.0. The van der Waals surface area contributed by atoms with Crippen LogP contribution in [0.15, 0.2) is 40.8 Å². The van der Waals surface area contributed by atoms with Crippen molar-refractivity contribution in [3.63, 3.8) is 0 Å². The highest BCUT2D eigenvalue weighted by Crippen LogP contribution is 2.26. The topological polar surface area (TPSA) is 72.7 Å². The molecule has 1 aromatic heterocycles. The van der Waals surface area contributed by atoms with Gasteiger partial charge in [0.05, 0.1) is 7.11 Å². The first-order valence-electron chi connectivity index (χ1n) is 8.12. The Balaban J connectivity index is 0.00000225. The van der Waals surface area contributed by atoms with E-state index in [1.54, 1.807) is 19.2 Å². The van der Waals surface area contributed by atoms with E-state index in [0.29, 0.717) is 23.0 Å². The van der Waals surface area contributed by atoms with Gasteiger partial charge in [-0.05, 0) is 43.7 Å². The molecule has 7 heteroatoms. The molecule has 3 rings (SSSR count). The molecule has 2 N–H and O–H groups in total. The van der Waals surface area contributed by atoms with Crippen LogP contribution in [0.2, 0.25) is 0 Å². The monoisotopic (exact) mass is 366 g/mol. The Morgan fingerprint density at radius 2 is 2.08 bits per heavy atom. The van der Waals surface area contributed by atoms with E-state index in [2.05, 4.69) is 10.6 Å². The second-order valence-electron chi connectivity index (χ2n) is 5.72. The number of amides is 1. The third-order valence-electron chi connectivity index (χ3n) is 3.96. The lowest BCUT2D eigenvalue weighted by molar-refractivity contribution is 0.0898. The summed E-state index contributed by atoms with van der Waals surface area (Å²) in [5.41, 5.74) is 0. The average Bonchev–Trinajstić information content (AvgIpc) is 3.10. The second-order valence-corrected chi connectivity index (χ2v) is 5.72. The molecule has 0 saturated carbocycles. The van der Waals surface area contributed by atoms with Gasteiger partial charge in [-0.15, -0.1) is 12.4 Å². The smallest absolute Gasteiger partial charge is 0.287 e. The number of carbonyl (C=O) groups excluding carboxylic acids is 1. The summed E-state index contributed by atoms with van der Waals surface area (Å²) in [5.74, 6) is 2.00. The largest absolute Gasteiger partial charge is 0.493 e. The Morgan fingerprint density at radius 3 is 2.80 bits per heavy atom. The van der Waals surface area contributed by atoms with Gasteiger partial charge >= 0.3 is 0 Å². The maximum atomic E-state index is 12.2. The summed E-state index contributed by atoms with van der Waals surface area (Å²) >= 11 is 0. The summed E-state index contributed by atoms with van der Waals surface area (Å²) in [4.78, 5) is 12.2. The van der Waals surface area contributed by atoms with Crippen LogP contribution in [-0.4, -0.2) is 32.1 Å². The van der Waals surface area contributed by atoms with Crippen LogP contribution in [0.5, 0.6) is 11.5 Å². The zero-order chi connectivity index (χ0) is 16.8. The van der Waals surface area contributed by atoms with E-state index >= 15 is 0 Å². The molecule has 1 fully saturated rings. The summed E-state index contributed by atoms with van der Waals surface area (Å²) in [7, 11) is 1.59.